The highest BCUT2D eigenvalue weighted by Gasteiger charge is 2.13. The van der Waals surface area contributed by atoms with E-state index in [1.165, 1.54) is 0 Å². The van der Waals surface area contributed by atoms with Crippen LogP contribution in [0.3, 0.4) is 0 Å². The fourth-order valence-corrected chi connectivity index (χ4v) is 2.20. The zero-order chi connectivity index (χ0) is 14.0. The quantitative estimate of drug-likeness (QED) is 0.865. The monoisotopic (exact) mass is 262 g/mol. The Morgan fingerprint density at radius 3 is 2.79 bits per heavy atom. The summed E-state index contributed by atoms with van der Waals surface area (Å²) in [6.07, 6.45) is 1.30. The van der Waals surface area contributed by atoms with Crippen LogP contribution in [0.25, 0.3) is 11.0 Å². The Kier molecular flexibility index (Phi) is 3.85. The van der Waals surface area contributed by atoms with Gasteiger partial charge < -0.3 is 14.8 Å². The van der Waals surface area contributed by atoms with Gasteiger partial charge in [0.15, 0.2) is 0 Å². The molecular formula is C14H18N2O3. The Hall–Kier alpha value is -1.88. The minimum absolute atomic E-state index is 0.234. The van der Waals surface area contributed by atoms with Gasteiger partial charge in [-0.2, -0.15) is 0 Å². The number of aliphatic hydroxyl groups is 1. The number of nitrogens with zero attached hydrogens (tertiary/aromatic N) is 2. The number of carbonyl (C=O) groups is 1. The maximum absolute atomic E-state index is 11.0. The molecule has 1 aromatic heterocycles. The van der Waals surface area contributed by atoms with Crippen molar-refractivity contribution < 1.29 is 15.0 Å². The molecule has 0 radical (unpaired) electrons. The van der Waals surface area contributed by atoms with Crippen LogP contribution in [0, 0.1) is 0 Å². The van der Waals surface area contributed by atoms with Crippen LogP contribution in [0.5, 0.6) is 0 Å². The summed E-state index contributed by atoms with van der Waals surface area (Å²) < 4.78 is 1.97. The van der Waals surface area contributed by atoms with E-state index < -0.39 is 12.1 Å². The number of benzene rings is 1. The third kappa shape index (κ3) is 2.76. The van der Waals surface area contributed by atoms with Crippen LogP contribution in [0.1, 0.15) is 36.5 Å². The molecule has 0 bridgehead atoms. The standard InChI is InChI=1S/C14H18N2O3/c1-3-4-13-15-11-7-10(14(18)19)5-6-12(11)16(13)8-9(2)17/h5-7,9,17H,3-4,8H2,1-2H3,(H,18,19). The zero-order valence-corrected chi connectivity index (χ0v) is 11.1. The number of hydrogen-bond donors (Lipinski definition) is 2. The second kappa shape index (κ2) is 5.40. The van der Waals surface area contributed by atoms with Crippen LogP contribution in [-0.2, 0) is 13.0 Å². The van der Waals surface area contributed by atoms with Crippen LogP contribution in [0.4, 0.5) is 0 Å². The fourth-order valence-electron chi connectivity index (χ4n) is 2.20. The van der Waals surface area contributed by atoms with Crippen LogP contribution in [-0.4, -0.2) is 31.8 Å². The van der Waals surface area contributed by atoms with Crippen molar-refractivity contribution >= 4 is 17.0 Å². The molecule has 5 heteroatoms. The Morgan fingerprint density at radius 2 is 2.21 bits per heavy atom. The number of aromatic carboxylic acids is 1. The molecule has 2 rings (SSSR count). The molecule has 0 spiro atoms. The first-order chi connectivity index (χ1) is 9.02. The van der Waals surface area contributed by atoms with Gasteiger partial charge in [0.05, 0.1) is 29.2 Å². The number of fused-ring (bicyclic) bond motifs is 1. The van der Waals surface area contributed by atoms with Gasteiger partial charge in [0.2, 0.25) is 0 Å². The highest BCUT2D eigenvalue weighted by Crippen LogP contribution is 2.19. The van der Waals surface area contributed by atoms with E-state index in [0.717, 1.165) is 24.2 Å². The summed E-state index contributed by atoms with van der Waals surface area (Å²) >= 11 is 0. The summed E-state index contributed by atoms with van der Waals surface area (Å²) in [5, 5.41) is 18.6. The average molecular weight is 262 g/mol. The second-order valence-corrected chi connectivity index (χ2v) is 4.75. The van der Waals surface area contributed by atoms with Gasteiger partial charge >= 0.3 is 5.97 Å². The number of imidazole rings is 1. The Labute approximate surface area is 111 Å². The van der Waals surface area contributed by atoms with Gasteiger partial charge in [0, 0.05) is 6.42 Å². The number of hydrogen-bond acceptors (Lipinski definition) is 3. The van der Waals surface area contributed by atoms with Gasteiger partial charge in [0.1, 0.15) is 5.82 Å². The molecule has 2 aromatic rings. The van der Waals surface area contributed by atoms with E-state index in [2.05, 4.69) is 11.9 Å². The van der Waals surface area contributed by atoms with Crippen molar-refractivity contribution in [3.05, 3.63) is 29.6 Å². The van der Waals surface area contributed by atoms with Crippen molar-refractivity contribution in [1.29, 1.82) is 0 Å². The van der Waals surface area contributed by atoms with Crippen molar-refractivity contribution in [1.82, 2.24) is 9.55 Å². The maximum Gasteiger partial charge on any atom is 0.335 e. The van der Waals surface area contributed by atoms with Crippen molar-refractivity contribution in [2.75, 3.05) is 0 Å². The third-order valence-electron chi connectivity index (χ3n) is 2.99. The molecule has 102 valence electrons. The van der Waals surface area contributed by atoms with Crippen LogP contribution in [0.2, 0.25) is 0 Å². The first-order valence-electron chi connectivity index (χ1n) is 6.43. The van der Waals surface area contributed by atoms with Gasteiger partial charge in [-0.1, -0.05) is 6.92 Å². The van der Waals surface area contributed by atoms with Gasteiger partial charge in [-0.3, -0.25) is 0 Å². The van der Waals surface area contributed by atoms with Crippen molar-refractivity contribution in [3.63, 3.8) is 0 Å². The number of aryl methyl sites for hydroxylation is 1. The predicted molar refractivity (Wildman–Crippen MR) is 72.4 cm³/mol. The van der Waals surface area contributed by atoms with E-state index in [1.807, 2.05) is 4.57 Å². The van der Waals surface area contributed by atoms with Gasteiger partial charge in [-0.05, 0) is 31.5 Å². The predicted octanol–water partition coefficient (Wildman–Crippen LogP) is 2.07. The molecule has 0 amide bonds. The van der Waals surface area contributed by atoms with E-state index in [0.29, 0.717) is 12.1 Å². The molecule has 0 aliphatic rings. The topological polar surface area (TPSA) is 75.3 Å². The zero-order valence-electron chi connectivity index (χ0n) is 11.1. The third-order valence-corrected chi connectivity index (χ3v) is 2.99. The van der Waals surface area contributed by atoms with Crippen LogP contribution in [0.15, 0.2) is 18.2 Å². The summed E-state index contributed by atoms with van der Waals surface area (Å²) in [6, 6.07) is 4.91. The first-order valence-corrected chi connectivity index (χ1v) is 6.43. The van der Waals surface area contributed by atoms with E-state index >= 15 is 0 Å². The number of aromatic nitrogens is 2. The SMILES string of the molecule is CCCc1nc2cc(C(=O)O)ccc2n1CC(C)O. The van der Waals surface area contributed by atoms with E-state index in [9.17, 15) is 9.90 Å². The number of carboxylic acid groups (broad SMARTS) is 1. The number of rotatable bonds is 5. The lowest BCUT2D eigenvalue weighted by Gasteiger charge is -2.10. The van der Waals surface area contributed by atoms with Crippen molar-refractivity contribution in [3.8, 4) is 0 Å². The summed E-state index contributed by atoms with van der Waals surface area (Å²) in [5.74, 6) is -0.0649. The summed E-state index contributed by atoms with van der Waals surface area (Å²) in [4.78, 5) is 15.5. The summed E-state index contributed by atoms with van der Waals surface area (Å²) in [5.41, 5.74) is 1.77. The van der Waals surface area contributed by atoms with E-state index in [-0.39, 0.29) is 5.56 Å². The molecule has 1 aromatic carbocycles. The normalized spacial score (nSPS) is 12.8. The molecule has 5 nitrogen and oxygen atoms in total. The smallest absolute Gasteiger partial charge is 0.335 e. The minimum Gasteiger partial charge on any atom is -0.478 e. The van der Waals surface area contributed by atoms with E-state index in [1.54, 1.807) is 25.1 Å². The molecule has 19 heavy (non-hydrogen) atoms. The van der Waals surface area contributed by atoms with Crippen molar-refractivity contribution in [2.24, 2.45) is 0 Å². The molecule has 1 heterocycles. The molecule has 2 N–H and O–H groups in total. The lowest BCUT2D eigenvalue weighted by Crippen LogP contribution is -2.14. The second-order valence-electron chi connectivity index (χ2n) is 4.75. The lowest BCUT2D eigenvalue weighted by molar-refractivity contribution is 0.0697. The molecule has 0 fully saturated rings. The highest BCUT2D eigenvalue weighted by molar-refractivity contribution is 5.92. The molecule has 0 aliphatic heterocycles. The molecular weight excluding hydrogens is 244 g/mol. The first kappa shape index (κ1) is 13.5. The highest BCUT2D eigenvalue weighted by atomic mass is 16.4. The maximum atomic E-state index is 11.0. The number of aliphatic hydroxyl groups excluding tert-OH is 1. The molecule has 0 saturated carbocycles. The van der Waals surface area contributed by atoms with Gasteiger partial charge in [0.25, 0.3) is 0 Å². The van der Waals surface area contributed by atoms with Crippen LogP contribution >= 0.6 is 0 Å². The minimum atomic E-state index is -0.955. The van der Waals surface area contributed by atoms with E-state index in [4.69, 9.17) is 5.11 Å². The Morgan fingerprint density at radius 1 is 1.47 bits per heavy atom. The van der Waals surface area contributed by atoms with Crippen molar-refractivity contribution in [2.45, 2.75) is 39.3 Å². The summed E-state index contributed by atoms with van der Waals surface area (Å²) in [6.45, 7) is 4.26. The lowest BCUT2D eigenvalue weighted by atomic mass is 10.2. The Bertz CT molecular complexity index is 602. The summed E-state index contributed by atoms with van der Waals surface area (Å²) in [7, 11) is 0. The molecule has 0 aliphatic carbocycles. The Balaban J connectivity index is 2.55. The largest absolute Gasteiger partial charge is 0.478 e. The van der Waals surface area contributed by atoms with Gasteiger partial charge in [-0.15, -0.1) is 0 Å². The average Bonchev–Trinajstić information content (AvgIpc) is 2.66. The van der Waals surface area contributed by atoms with Crippen LogP contribution < -0.4 is 0 Å². The van der Waals surface area contributed by atoms with Gasteiger partial charge in [-0.25, -0.2) is 9.78 Å². The molecule has 1 atom stereocenters. The molecule has 1 unspecified atom stereocenters. The number of carboxylic acids is 1. The fraction of sp³-hybridized carbons (Fsp3) is 0.429. The molecule has 0 saturated heterocycles.